The van der Waals surface area contributed by atoms with Crippen LogP contribution in [0, 0.1) is 0 Å². The maximum Gasteiger partial charge on any atom is 0.295 e. The first-order valence-electron chi connectivity index (χ1n) is 9.73. The summed E-state index contributed by atoms with van der Waals surface area (Å²) in [4.78, 5) is 0. The second kappa shape index (κ2) is 14.4. The first kappa shape index (κ1) is 28.4. The molecule has 0 aliphatic heterocycles. The van der Waals surface area contributed by atoms with E-state index in [0.29, 0.717) is 32.5 Å². The molecule has 0 radical (unpaired) electrons. The molecule has 2 nitrogen and oxygen atoms in total. The zero-order valence-corrected chi connectivity index (χ0v) is 18.8. The number of hydrogen-bond acceptors (Lipinski definition) is 2. The van der Waals surface area contributed by atoms with Gasteiger partial charge in [0.1, 0.15) is 0 Å². The van der Waals surface area contributed by atoms with Crippen LogP contribution in [0.4, 0.5) is 26.3 Å². The van der Waals surface area contributed by atoms with E-state index >= 15 is 0 Å². The predicted molar refractivity (Wildman–Crippen MR) is 107 cm³/mol. The first-order chi connectivity index (χ1) is 12.9. The molecule has 0 aliphatic rings. The zero-order chi connectivity index (χ0) is 21.7. The Morgan fingerprint density at radius 1 is 0.714 bits per heavy atom. The van der Waals surface area contributed by atoms with Gasteiger partial charge in [0.2, 0.25) is 0 Å². The van der Waals surface area contributed by atoms with Crippen molar-refractivity contribution in [2.75, 3.05) is 19.9 Å². The molecule has 0 heterocycles. The average molecular weight is 458 g/mol. The third-order valence-corrected chi connectivity index (χ3v) is 5.81. The fraction of sp³-hybridized carbons (Fsp3) is 1.00. The fourth-order valence-electron chi connectivity index (χ4n) is 2.46. The third-order valence-electron chi connectivity index (χ3n) is 4.33. The molecule has 0 bridgehead atoms. The summed E-state index contributed by atoms with van der Waals surface area (Å²) in [6, 6.07) is 0. The lowest BCUT2D eigenvalue weighted by Crippen LogP contribution is -2.32. The number of alkyl halides is 6. The molecule has 10 heteroatoms. The SMILES string of the molecule is CC(OCCCCCCC(F)(F)CF)OCCCCCCC(F)(P)C(F)(F)P. The summed E-state index contributed by atoms with van der Waals surface area (Å²) in [5.41, 5.74) is -3.45. The maximum absolute atomic E-state index is 13.7. The molecule has 0 amide bonds. The molecule has 28 heavy (non-hydrogen) atoms. The summed E-state index contributed by atoms with van der Waals surface area (Å²) in [5, 5.41) is -2.59. The van der Waals surface area contributed by atoms with Gasteiger partial charge in [-0.1, -0.05) is 44.2 Å². The monoisotopic (exact) mass is 458 g/mol. The van der Waals surface area contributed by atoms with E-state index in [2.05, 4.69) is 0 Å². The van der Waals surface area contributed by atoms with Gasteiger partial charge in [-0.05, 0) is 39.0 Å². The van der Waals surface area contributed by atoms with Crippen LogP contribution in [0.3, 0.4) is 0 Å². The molecule has 0 rings (SSSR count). The minimum Gasteiger partial charge on any atom is -0.353 e. The highest BCUT2D eigenvalue weighted by Gasteiger charge is 2.46. The molecule has 4 atom stereocenters. The van der Waals surface area contributed by atoms with Crippen molar-refractivity contribution < 1.29 is 35.8 Å². The van der Waals surface area contributed by atoms with Gasteiger partial charge in [-0.15, -0.1) is 0 Å². The molecule has 0 saturated carbocycles. The molecule has 0 aliphatic carbocycles. The highest BCUT2D eigenvalue weighted by molar-refractivity contribution is 7.24. The van der Waals surface area contributed by atoms with E-state index in [-0.39, 0.29) is 12.8 Å². The minimum absolute atomic E-state index is 0.222. The van der Waals surface area contributed by atoms with Crippen LogP contribution >= 0.6 is 18.5 Å². The maximum atomic E-state index is 13.7. The summed E-state index contributed by atoms with van der Waals surface area (Å²) >= 11 is 0. The Kier molecular flexibility index (Phi) is 14.6. The van der Waals surface area contributed by atoms with Gasteiger partial charge in [0.05, 0.1) is 0 Å². The highest BCUT2D eigenvalue weighted by Crippen LogP contribution is 2.46. The Balaban J connectivity index is 3.48. The molecule has 4 unspecified atom stereocenters. The molecule has 0 aromatic rings. The van der Waals surface area contributed by atoms with Crippen molar-refractivity contribution >= 4 is 18.5 Å². The van der Waals surface area contributed by atoms with Crippen molar-refractivity contribution in [3.05, 3.63) is 0 Å². The summed E-state index contributed by atoms with van der Waals surface area (Å²) in [7, 11) is 2.83. The van der Waals surface area contributed by atoms with Crippen LogP contribution in [0.25, 0.3) is 0 Å². The van der Waals surface area contributed by atoms with E-state index in [1.807, 2.05) is 0 Å². The zero-order valence-electron chi connectivity index (χ0n) is 16.5. The van der Waals surface area contributed by atoms with Gasteiger partial charge in [-0.2, -0.15) is 8.78 Å². The normalized spacial score (nSPS) is 16.2. The van der Waals surface area contributed by atoms with Crippen molar-refractivity contribution in [1.82, 2.24) is 0 Å². The smallest absolute Gasteiger partial charge is 0.295 e. The second-order valence-electron chi connectivity index (χ2n) is 7.11. The van der Waals surface area contributed by atoms with Gasteiger partial charge in [0, 0.05) is 19.6 Å². The van der Waals surface area contributed by atoms with E-state index in [4.69, 9.17) is 9.47 Å². The standard InChI is InChI=1S/C18H34F6O2P2/c1-15(25-12-8-4-2-6-10-16(20,21)14-19)26-13-9-5-3-7-11-17(22,27)18(23,24)28/h15H,2-14,27-28H2,1H3. The number of rotatable bonds is 18. The Morgan fingerprint density at radius 3 is 1.57 bits per heavy atom. The number of halogens is 6. The number of unbranched alkanes of at least 4 members (excludes halogenated alkanes) is 6. The molecule has 0 N–H and O–H groups in total. The Labute approximate surface area is 169 Å². The molecule has 0 fully saturated rings. The van der Waals surface area contributed by atoms with E-state index in [9.17, 15) is 26.3 Å². The number of ether oxygens (including phenoxy) is 2. The van der Waals surface area contributed by atoms with Gasteiger partial charge in [0.25, 0.3) is 11.6 Å². The minimum atomic E-state index is -3.45. The topological polar surface area (TPSA) is 18.5 Å². The van der Waals surface area contributed by atoms with Crippen LogP contribution < -0.4 is 0 Å². The highest BCUT2D eigenvalue weighted by atomic mass is 31.0. The lowest BCUT2D eigenvalue weighted by molar-refractivity contribution is -0.131. The average Bonchev–Trinajstić information content (AvgIpc) is 2.59. The van der Waals surface area contributed by atoms with Crippen LogP contribution in [0.15, 0.2) is 0 Å². The van der Waals surface area contributed by atoms with Crippen LogP contribution in [-0.4, -0.2) is 43.2 Å². The molecule has 170 valence electrons. The molecule has 0 saturated heterocycles. The van der Waals surface area contributed by atoms with Gasteiger partial charge in [0.15, 0.2) is 18.4 Å². The summed E-state index contributed by atoms with van der Waals surface area (Å²) in [6.07, 6.45) is 3.79. The van der Waals surface area contributed by atoms with Gasteiger partial charge in [-0.25, -0.2) is 17.6 Å². The van der Waals surface area contributed by atoms with Gasteiger partial charge >= 0.3 is 0 Å². The van der Waals surface area contributed by atoms with Crippen molar-refractivity contribution in [3.8, 4) is 0 Å². The van der Waals surface area contributed by atoms with E-state index in [0.717, 1.165) is 25.7 Å². The molecule has 0 spiro atoms. The fourth-order valence-corrected chi connectivity index (χ4v) is 2.81. The second-order valence-corrected chi connectivity index (χ2v) is 8.75. The van der Waals surface area contributed by atoms with Crippen LogP contribution in [-0.2, 0) is 9.47 Å². The van der Waals surface area contributed by atoms with Gasteiger partial charge in [-0.3, -0.25) is 0 Å². The molecular weight excluding hydrogens is 424 g/mol. The van der Waals surface area contributed by atoms with E-state index in [1.165, 1.54) is 9.24 Å². The van der Waals surface area contributed by atoms with Crippen molar-refractivity contribution in [2.45, 2.75) is 94.4 Å². The molecule has 0 aromatic heterocycles. The largest absolute Gasteiger partial charge is 0.353 e. The lowest BCUT2D eigenvalue weighted by atomic mass is 10.1. The van der Waals surface area contributed by atoms with E-state index < -0.39 is 36.4 Å². The van der Waals surface area contributed by atoms with Crippen LogP contribution in [0.1, 0.15) is 71.1 Å². The Morgan fingerprint density at radius 2 is 1.14 bits per heavy atom. The predicted octanol–water partition coefficient (Wildman–Crippen LogP) is 6.88. The molecular formula is C18H34F6O2P2. The van der Waals surface area contributed by atoms with E-state index in [1.54, 1.807) is 16.2 Å². The third kappa shape index (κ3) is 14.4. The summed E-state index contributed by atoms with van der Waals surface area (Å²) in [5.74, 6) is -3.20. The van der Waals surface area contributed by atoms with Crippen molar-refractivity contribution in [2.24, 2.45) is 0 Å². The van der Waals surface area contributed by atoms with Crippen molar-refractivity contribution in [3.63, 3.8) is 0 Å². The Bertz CT molecular complexity index is 395. The van der Waals surface area contributed by atoms with Crippen LogP contribution in [0.5, 0.6) is 0 Å². The molecule has 0 aromatic carbocycles. The Hall–Kier alpha value is 0.360. The van der Waals surface area contributed by atoms with Crippen molar-refractivity contribution in [1.29, 1.82) is 0 Å². The first-order valence-corrected chi connectivity index (χ1v) is 10.9. The summed E-state index contributed by atoms with van der Waals surface area (Å²) in [6.45, 7) is 1.07. The van der Waals surface area contributed by atoms with Crippen LogP contribution in [0.2, 0.25) is 0 Å². The number of hydrogen-bond donors (Lipinski definition) is 0. The lowest BCUT2D eigenvalue weighted by Gasteiger charge is -2.26. The quantitative estimate of drug-likeness (QED) is 0.0965. The van der Waals surface area contributed by atoms with Gasteiger partial charge < -0.3 is 9.47 Å². The summed E-state index contributed by atoms with van der Waals surface area (Å²) < 4.78 is 87.8.